The van der Waals surface area contributed by atoms with E-state index in [4.69, 9.17) is 20.8 Å². The van der Waals surface area contributed by atoms with Crippen molar-refractivity contribution in [3.63, 3.8) is 0 Å². The lowest BCUT2D eigenvalue weighted by atomic mass is 9.51. The van der Waals surface area contributed by atoms with Gasteiger partial charge in [0.05, 0.1) is 46.2 Å². The number of benzene rings is 4. The van der Waals surface area contributed by atoms with E-state index in [1.54, 1.807) is 43.3 Å². The Hall–Kier alpha value is -5.65. The monoisotopic (exact) mass is 745 g/mol. The highest BCUT2D eigenvalue weighted by molar-refractivity contribution is 6.32. The van der Waals surface area contributed by atoms with E-state index in [-0.39, 0.29) is 48.6 Å². The number of fused-ring (bicyclic) bond motifs is 5. The molecular formula is C42H33ClFN3O7. The normalized spacial score (nSPS) is 26.2. The van der Waals surface area contributed by atoms with Gasteiger partial charge in [-0.1, -0.05) is 47.5 Å². The smallest absolute Gasteiger partial charge is 0.241 e. The van der Waals surface area contributed by atoms with E-state index >= 15 is 0 Å². The van der Waals surface area contributed by atoms with Crippen molar-refractivity contribution >= 4 is 57.7 Å². The molecule has 2 saturated heterocycles. The van der Waals surface area contributed by atoms with E-state index in [0.29, 0.717) is 34.0 Å². The van der Waals surface area contributed by atoms with Crippen LogP contribution in [0.2, 0.25) is 5.02 Å². The Labute approximate surface area is 313 Å². The van der Waals surface area contributed by atoms with Gasteiger partial charge in [-0.3, -0.25) is 24.1 Å². The molecule has 1 N–H and O–H groups in total. The summed E-state index contributed by atoms with van der Waals surface area (Å²) < 4.78 is 25.7. The summed E-state index contributed by atoms with van der Waals surface area (Å²) in [4.78, 5) is 64.6. The topological polar surface area (TPSA) is 130 Å². The molecule has 10 nitrogen and oxygen atoms in total. The lowest BCUT2D eigenvalue weighted by Gasteiger charge is -2.49. The molecule has 4 amide bonds. The van der Waals surface area contributed by atoms with Crippen LogP contribution in [0.25, 0.3) is 22.6 Å². The Morgan fingerprint density at radius 1 is 0.907 bits per heavy atom. The first-order valence-electron chi connectivity index (χ1n) is 17.8. The minimum atomic E-state index is -1.29. The Morgan fingerprint density at radius 3 is 2.37 bits per heavy atom. The number of hydrogen-bond donors (Lipinski definition) is 1. The number of rotatable bonds is 7. The number of carbonyl (C=O) groups is 4. The number of aromatic nitrogens is 1. The minimum Gasteiger partial charge on any atom is -0.491 e. The molecule has 54 heavy (non-hydrogen) atoms. The number of allylic oxidation sites excluding steroid dienone is 2. The maximum atomic E-state index is 14.6. The van der Waals surface area contributed by atoms with Crippen molar-refractivity contribution in [3.8, 4) is 17.2 Å². The van der Waals surface area contributed by atoms with Crippen LogP contribution in [0.5, 0.6) is 5.75 Å². The molecule has 9 rings (SSSR count). The van der Waals surface area contributed by atoms with Crippen LogP contribution in [0.3, 0.4) is 0 Å². The molecule has 5 aromatic rings. The number of aliphatic hydroxyl groups excluding tert-OH is 1. The number of hydrogen-bond acceptors (Lipinski definition) is 8. The van der Waals surface area contributed by atoms with Crippen LogP contribution in [0.15, 0.2) is 107 Å². The molecule has 0 spiro atoms. The second-order valence-electron chi connectivity index (χ2n) is 14.4. The van der Waals surface area contributed by atoms with Crippen LogP contribution in [-0.2, 0) is 19.2 Å². The average Bonchev–Trinajstić information content (AvgIpc) is 3.79. The molecule has 0 bridgehead atoms. The van der Waals surface area contributed by atoms with Gasteiger partial charge in [0.2, 0.25) is 29.5 Å². The highest BCUT2D eigenvalue weighted by atomic mass is 35.5. The number of imide groups is 2. The van der Waals surface area contributed by atoms with E-state index in [1.807, 2.05) is 42.5 Å². The molecular weight excluding hydrogens is 713 g/mol. The predicted octanol–water partition coefficient (Wildman–Crippen LogP) is 7.09. The summed E-state index contributed by atoms with van der Waals surface area (Å²) in [7, 11) is 0. The van der Waals surface area contributed by atoms with Crippen molar-refractivity contribution < 1.29 is 37.8 Å². The molecule has 1 aromatic heterocycles. The summed E-state index contributed by atoms with van der Waals surface area (Å²) in [6, 6.07) is 25.3. The molecule has 272 valence electrons. The van der Waals surface area contributed by atoms with E-state index in [0.717, 1.165) is 22.1 Å². The molecule has 2 aliphatic carbocycles. The molecule has 0 radical (unpaired) electrons. The molecule has 4 aromatic carbocycles. The van der Waals surface area contributed by atoms with Crippen LogP contribution in [0.1, 0.15) is 31.2 Å². The molecule has 2 aliphatic heterocycles. The van der Waals surface area contributed by atoms with Gasteiger partial charge in [-0.2, -0.15) is 0 Å². The van der Waals surface area contributed by atoms with Gasteiger partial charge in [0.1, 0.15) is 23.7 Å². The number of nitrogens with zero attached hydrogens (tertiary/aromatic N) is 3. The number of amides is 4. The van der Waals surface area contributed by atoms with Crippen LogP contribution in [-0.4, -0.2) is 46.9 Å². The van der Waals surface area contributed by atoms with Crippen LogP contribution >= 0.6 is 11.6 Å². The van der Waals surface area contributed by atoms with Crippen LogP contribution in [0.4, 0.5) is 15.8 Å². The van der Waals surface area contributed by atoms with Crippen molar-refractivity contribution in [2.75, 3.05) is 23.0 Å². The predicted molar refractivity (Wildman–Crippen MR) is 197 cm³/mol. The maximum absolute atomic E-state index is 14.6. The molecule has 3 heterocycles. The van der Waals surface area contributed by atoms with Crippen molar-refractivity contribution in [2.24, 2.45) is 29.1 Å². The van der Waals surface area contributed by atoms with Gasteiger partial charge < -0.3 is 14.3 Å². The first-order valence-corrected chi connectivity index (χ1v) is 18.2. The number of anilines is 2. The number of carbonyl (C=O) groups excluding carboxylic acids is 4. The average molecular weight is 746 g/mol. The Balaban J connectivity index is 1.09. The van der Waals surface area contributed by atoms with Gasteiger partial charge in [0, 0.05) is 11.5 Å². The molecule has 12 heteroatoms. The van der Waals surface area contributed by atoms with Crippen molar-refractivity contribution in [1.29, 1.82) is 0 Å². The van der Waals surface area contributed by atoms with Gasteiger partial charge in [0.25, 0.3) is 0 Å². The van der Waals surface area contributed by atoms with Crippen LogP contribution in [0, 0.1) is 34.9 Å². The zero-order chi connectivity index (χ0) is 37.5. The summed E-state index contributed by atoms with van der Waals surface area (Å²) in [5.74, 6) is -4.78. The Morgan fingerprint density at radius 2 is 1.65 bits per heavy atom. The summed E-state index contributed by atoms with van der Waals surface area (Å²) in [5.41, 5.74) is 2.91. The van der Waals surface area contributed by atoms with Gasteiger partial charge >= 0.3 is 0 Å². The third-order valence-electron chi connectivity index (χ3n) is 11.7. The molecule has 6 unspecified atom stereocenters. The van der Waals surface area contributed by atoms with Gasteiger partial charge in [-0.25, -0.2) is 14.3 Å². The minimum absolute atomic E-state index is 0.104. The van der Waals surface area contributed by atoms with Gasteiger partial charge in [0.15, 0.2) is 5.58 Å². The van der Waals surface area contributed by atoms with E-state index in [2.05, 4.69) is 4.98 Å². The second-order valence-corrected chi connectivity index (χ2v) is 14.9. The third kappa shape index (κ3) is 5.05. The number of aliphatic hydroxyl groups is 1. The molecule has 6 atom stereocenters. The second kappa shape index (κ2) is 12.7. The fourth-order valence-corrected chi connectivity index (χ4v) is 9.36. The first kappa shape index (κ1) is 34.1. The summed E-state index contributed by atoms with van der Waals surface area (Å²) in [6.07, 6.45) is 2.43. The van der Waals surface area contributed by atoms with Crippen molar-refractivity contribution in [1.82, 2.24) is 4.98 Å². The molecule has 3 fully saturated rings. The lowest BCUT2D eigenvalue weighted by Crippen LogP contribution is -2.48. The number of ether oxygens (including phenoxy) is 1. The standard InChI is InChI=1S/C42H33ClFN3O7/c1-42-30(39(50)47(41(42)52)25-12-17-32(44)31(43)20-25)21-29-27(36(42)22-8-13-26(14-9-22)53-19-18-48)15-16-28-35(29)40(51)46(38(28)49)24-10-6-23(7-11-24)37-45-33-4-2-3-5-34(33)54-37/h2-15,17,20,28-30,35-36,48H,16,18-19,21H2,1H3. The summed E-state index contributed by atoms with van der Waals surface area (Å²) in [5, 5.41) is 9.03. The Bertz CT molecular complexity index is 2380. The van der Waals surface area contributed by atoms with Gasteiger partial charge in [-0.05, 0) is 98.0 Å². The zero-order valence-electron chi connectivity index (χ0n) is 28.9. The number of halogens is 2. The molecule has 4 aliphatic rings. The molecule has 1 saturated carbocycles. The van der Waals surface area contributed by atoms with E-state index < -0.39 is 52.6 Å². The quantitative estimate of drug-likeness (QED) is 0.138. The van der Waals surface area contributed by atoms with Gasteiger partial charge in [-0.15, -0.1) is 0 Å². The maximum Gasteiger partial charge on any atom is 0.241 e. The van der Waals surface area contributed by atoms with Crippen molar-refractivity contribution in [3.05, 3.63) is 119 Å². The van der Waals surface area contributed by atoms with Crippen LogP contribution < -0.4 is 14.5 Å². The van der Waals surface area contributed by atoms with Crippen molar-refractivity contribution in [2.45, 2.75) is 25.7 Å². The lowest BCUT2D eigenvalue weighted by molar-refractivity contribution is -0.131. The number of para-hydroxylation sites is 2. The highest BCUT2D eigenvalue weighted by Gasteiger charge is 2.67. The SMILES string of the molecule is CC12C(=O)N(c3ccc(F)c(Cl)c3)C(=O)C1CC1C(=CCC3C(=O)N(c4ccc(-c5nc6ccccc6o5)cc4)C(=O)C31)C2c1ccc(OCCO)cc1. The highest BCUT2D eigenvalue weighted by Crippen LogP contribution is 2.63. The van der Waals surface area contributed by atoms with E-state index in [1.165, 1.54) is 17.0 Å². The summed E-state index contributed by atoms with van der Waals surface area (Å²) >= 11 is 6.12. The fraction of sp³-hybridized carbons (Fsp3) is 0.262. The summed E-state index contributed by atoms with van der Waals surface area (Å²) in [6.45, 7) is 1.72. The zero-order valence-corrected chi connectivity index (χ0v) is 29.7. The largest absolute Gasteiger partial charge is 0.491 e. The fourth-order valence-electron chi connectivity index (χ4n) is 9.19. The van der Waals surface area contributed by atoms with E-state index in [9.17, 15) is 28.7 Å². The first-order chi connectivity index (χ1) is 26.1. The third-order valence-corrected chi connectivity index (χ3v) is 12.0. The Kier molecular flexibility index (Phi) is 8.06. The number of oxazole rings is 1.